The Labute approximate surface area is 130 Å². The lowest BCUT2D eigenvalue weighted by molar-refractivity contribution is 0.546. The molecule has 1 N–H and O–H groups in total. The summed E-state index contributed by atoms with van der Waals surface area (Å²) in [7, 11) is 0. The van der Waals surface area contributed by atoms with Gasteiger partial charge in [0.25, 0.3) is 0 Å². The molecule has 0 aliphatic heterocycles. The molecule has 0 spiro atoms. The standard InChI is InChI=1S/C18H22BrN/c1-15(17-10-12-18(19)13-11-17)20-14-6-5-9-16-7-3-2-4-8-16/h2-4,7-8,10-13,15,20H,5-6,9,14H2,1H3. The summed E-state index contributed by atoms with van der Waals surface area (Å²) < 4.78 is 1.14. The van der Waals surface area contributed by atoms with Gasteiger partial charge in [-0.1, -0.05) is 58.4 Å². The van der Waals surface area contributed by atoms with E-state index in [0.29, 0.717) is 6.04 Å². The fourth-order valence-corrected chi connectivity index (χ4v) is 2.55. The van der Waals surface area contributed by atoms with E-state index in [1.165, 1.54) is 30.4 Å². The number of unbranched alkanes of at least 4 members (excludes halogenated alkanes) is 1. The van der Waals surface area contributed by atoms with E-state index in [-0.39, 0.29) is 0 Å². The molecule has 2 aromatic carbocycles. The predicted molar refractivity (Wildman–Crippen MR) is 89.9 cm³/mol. The fourth-order valence-electron chi connectivity index (χ4n) is 2.29. The van der Waals surface area contributed by atoms with E-state index in [0.717, 1.165) is 11.0 Å². The van der Waals surface area contributed by atoms with Crippen molar-refractivity contribution in [3.63, 3.8) is 0 Å². The quantitative estimate of drug-likeness (QED) is 0.694. The average Bonchev–Trinajstić information content (AvgIpc) is 2.48. The van der Waals surface area contributed by atoms with Crippen LogP contribution in [0.5, 0.6) is 0 Å². The molecule has 0 bridgehead atoms. The number of halogens is 1. The van der Waals surface area contributed by atoms with Crippen LogP contribution in [-0.4, -0.2) is 6.54 Å². The maximum absolute atomic E-state index is 3.59. The number of aryl methyl sites for hydroxylation is 1. The smallest absolute Gasteiger partial charge is 0.0291 e. The van der Waals surface area contributed by atoms with Crippen LogP contribution in [0.4, 0.5) is 0 Å². The molecule has 1 unspecified atom stereocenters. The molecular weight excluding hydrogens is 310 g/mol. The zero-order valence-electron chi connectivity index (χ0n) is 12.0. The highest BCUT2D eigenvalue weighted by Crippen LogP contribution is 2.16. The van der Waals surface area contributed by atoms with Gasteiger partial charge in [-0.05, 0) is 56.0 Å². The van der Waals surface area contributed by atoms with Gasteiger partial charge in [-0.15, -0.1) is 0 Å². The van der Waals surface area contributed by atoms with Crippen molar-refractivity contribution in [3.05, 3.63) is 70.2 Å². The van der Waals surface area contributed by atoms with Gasteiger partial charge in [0.15, 0.2) is 0 Å². The van der Waals surface area contributed by atoms with Gasteiger partial charge >= 0.3 is 0 Å². The maximum atomic E-state index is 3.59. The molecule has 0 aliphatic rings. The van der Waals surface area contributed by atoms with Crippen LogP contribution in [0.3, 0.4) is 0 Å². The summed E-state index contributed by atoms with van der Waals surface area (Å²) in [4.78, 5) is 0. The molecule has 20 heavy (non-hydrogen) atoms. The first kappa shape index (κ1) is 15.3. The molecule has 2 rings (SSSR count). The Morgan fingerprint density at radius 2 is 1.65 bits per heavy atom. The Bertz CT molecular complexity index is 493. The van der Waals surface area contributed by atoms with E-state index < -0.39 is 0 Å². The highest BCUT2D eigenvalue weighted by Gasteiger charge is 2.03. The number of hydrogen-bond acceptors (Lipinski definition) is 1. The maximum Gasteiger partial charge on any atom is 0.0291 e. The molecule has 2 aromatic rings. The van der Waals surface area contributed by atoms with Crippen LogP contribution in [0.1, 0.15) is 36.9 Å². The van der Waals surface area contributed by atoms with Crippen molar-refractivity contribution in [1.29, 1.82) is 0 Å². The van der Waals surface area contributed by atoms with E-state index in [4.69, 9.17) is 0 Å². The van der Waals surface area contributed by atoms with Crippen LogP contribution in [0, 0.1) is 0 Å². The zero-order valence-corrected chi connectivity index (χ0v) is 13.6. The van der Waals surface area contributed by atoms with Gasteiger partial charge in [-0.2, -0.15) is 0 Å². The van der Waals surface area contributed by atoms with Gasteiger partial charge in [0.2, 0.25) is 0 Å². The van der Waals surface area contributed by atoms with E-state index in [2.05, 4.69) is 82.8 Å². The monoisotopic (exact) mass is 331 g/mol. The summed E-state index contributed by atoms with van der Waals surface area (Å²) in [6, 6.07) is 19.7. The van der Waals surface area contributed by atoms with E-state index in [1.807, 2.05) is 0 Å². The average molecular weight is 332 g/mol. The van der Waals surface area contributed by atoms with Gasteiger partial charge in [0.05, 0.1) is 0 Å². The minimum absolute atomic E-state index is 0.417. The Morgan fingerprint density at radius 3 is 2.35 bits per heavy atom. The zero-order chi connectivity index (χ0) is 14.2. The topological polar surface area (TPSA) is 12.0 Å². The van der Waals surface area contributed by atoms with E-state index >= 15 is 0 Å². The minimum Gasteiger partial charge on any atom is -0.310 e. The second-order valence-electron chi connectivity index (χ2n) is 5.17. The summed E-state index contributed by atoms with van der Waals surface area (Å²) in [6.45, 7) is 3.30. The number of benzene rings is 2. The Hall–Kier alpha value is -1.12. The molecule has 0 aliphatic carbocycles. The van der Waals surface area contributed by atoms with E-state index in [1.54, 1.807) is 0 Å². The summed E-state index contributed by atoms with van der Waals surface area (Å²) in [5.41, 5.74) is 2.78. The molecule has 0 radical (unpaired) electrons. The van der Waals surface area contributed by atoms with Crippen LogP contribution >= 0.6 is 15.9 Å². The molecule has 0 saturated heterocycles. The second kappa shape index (κ2) is 8.23. The second-order valence-corrected chi connectivity index (χ2v) is 6.09. The molecule has 0 aromatic heterocycles. The molecule has 0 saturated carbocycles. The molecule has 1 nitrogen and oxygen atoms in total. The van der Waals surface area contributed by atoms with Crippen LogP contribution < -0.4 is 5.32 Å². The van der Waals surface area contributed by atoms with Crippen LogP contribution in [0.15, 0.2) is 59.1 Å². The van der Waals surface area contributed by atoms with Gasteiger partial charge in [-0.25, -0.2) is 0 Å². The van der Waals surface area contributed by atoms with Crippen molar-refractivity contribution < 1.29 is 0 Å². The van der Waals surface area contributed by atoms with Crippen molar-refractivity contribution in [2.24, 2.45) is 0 Å². The molecule has 2 heteroatoms. The highest BCUT2D eigenvalue weighted by molar-refractivity contribution is 9.10. The first-order valence-corrected chi connectivity index (χ1v) is 8.08. The largest absolute Gasteiger partial charge is 0.310 e. The first-order chi connectivity index (χ1) is 9.75. The van der Waals surface area contributed by atoms with Crippen molar-refractivity contribution in [2.45, 2.75) is 32.2 Å². The SMILES string of the molecule is CC(NCCCCc1ccccc1)c1ccc(Br)cc1. The van der Waals surface area contributed by atoms with Crippen molar-refractivity contribution in [3.8, 4) is 0 Å². The Balaban J connectivity index is 1.64. The lowest BCUT2D eigenvalue weighted by Crippen LogP contribution is -2.19. The Morgan fingerprint density at radius 1 is 0.950 bits per heavy atom. The van der Waals surface area contributed by atoms with Crippen LogP contribution in [0.2, 0.25) is 0 Å². The summed E-state index contributed by atoms with van der Waals surface area (Å²) in [5, 5.41) is 3.59. The highest BCUT2D eigenvalue weighted by atomic mass is 79.9. The summed E-state index contributed by atoms with van der Waals surface area (Å²) in [5.74, 6) is 0. The minimum atomic E-state index is 0.417. The van der Waals surface area contributed by atoms with Crippen molar-refractivity contribution >= 4 is 15.9 Å². The molecular formula is C18H22BrN. The number of rotatable bonds is 7. The number of hydrogen-bond donors (Lipinski definition) is 1. The third-order valence-corrected chi connectivity index (χ3v) is 4.08. The third kappa shape index (κ3) is 5.10. The Kier molecular flexibility index (Phi) is 6.28. The van der Waals surface area contributed by atoms with Crippen LogP contribution in [-0.2, 0) is 6.42 Å². The van der Waals surface area contributed by atoms with E-state index in [9.17, 15) is 0 Å². The predicted octanol–water partition coefficient (Wildman–Crippen LogP) is 5.12. The van der Waals surface area contributed by atoms with Gasteiger partial charge < -0.3 is 5.32 Å². The van der Waals surface area contributed by atoms with Crippen LogP contribution in [0.25, 0.3) is 0 Å². The molecule has 0 fully saturated rings. The third-order valence-electron chi connectivity index (χ3n) is 3.56. The van der Waals surface area contributed by atoms with Gasteiger partial charge in [-0.3, -0.25) is 0 Å². The van der Waals surface area contributed by atoms with Gasteiger partial charge in [0, 0.05) is 10.5 Å². The summed E-state index contributed by atoms with van der Waals surface area (Å²) >= 11 is 3.47. The molecule has 0 heterocycles. The van der Waals surface area contributed by atoms with Crippen molar-refractivity contribution in [2.75, 3.05) is 6.54 Å². The van der Waals surface area contributed by atoms with Crippen molar-refractivity contribution in [1.82, 2.24) is 5.32 Å². The van der Waals surface area contributed by atoms with Gasteiger partial charge in [0.1, 0.15) is 0 Å². The normalized spacial score (nSPS) is 12.3. The summed E-state index contributed by atoms with van der Waals surface area (Å²) in [6.07, 6.45) is 3.63. The molecule has 0 amide bonds. The molecule has 1 atom stereocenters. The molecule has 106 valence electrons. The lowest BCUT2D eigenvalue weighted by atomic mass is 10.1. The fraction of sp³-hybridized carbons (Fsp3) is 0.333. The number of nitrogens with one attached hydrogen (secondary N) is 1. The first-order valence-electron chi connectivity index (χ1n) is 7.28. The lowest BCUT2D eigenvalue weighted by Gasteiger charge is -2.14.